The van der Waals surface area contributed by atoms with Crippen LogP contribution in [0.15, 0.2) is 35.9 Å². The zero-order valence-corrected chi connectivity index (χ0v) is 10.5. The number of hydrogen-bond donors (Lipinski definition) is 1. The molecule has 2 rings (SSSR count). The second-order valence-electron chi connectivity index (χ2n) is 4.75. The van der Waals surface area contributed by atoms with Gasteiger partial charge in [-0.3, -0.25) is 0 Å². The van der Waals surface area contributed by atoms with Crippen molar-refractivity contribution in [1.29, 1.82) is 0 Å². The van der Waals surface area contributed by atoms with Crippen molar-refractivity contribution < 1.29 is 4.74 Å². The molecule has 0 spiro atoms. The summed E-state index contributed by atoms with van der Waals surface area (Å²) >= 11 is 0. The molecule has 0 amide bonds. The number of ether oxygens (including phenoxy) is 1. The van der Waals surface area contributed by atoms with Gasteiger partial charge < -0.3 is 10.5 Å². The third-order valence-corrected chi connectivity index (χ3v) is 3.46. The first kappa shape index (κ1) is 12.2. The summed E-state index contributed by atoms with van der Waals surface area (Å²) in [7, 11) is 1.70. The Balaban J connectivity index is 1.90. The molecule has 2 N–H and O–H groups in total. The van der Waals surface area contributed by atoms with E-state index in [1.807, 2.05) is 12.1 Å². The summed E-state index contributed by atoms with van der Waals surface area (Å²) in [6.07, 6.45) is 8.04. The summed E-state index contributed by atoms with van der Waals surface area (Å²) in [5, 5.41) is 0. The van der Waals surface area contributed by atoms with Crippen LogP contribution >= 0.6 is 0 Å². The lowest BCUT2D eigenvalue weighted by Crippen LogP contribution is -2.23. The Morgan fingerprint density at radius 3 is 2.47 bits per heavy atom. The number of nitrogens with two attached hydrogens (primary N) is 1. The van der Waals surface area contributed by atoms with Gasteiger partial charge in [-0.1, -0.05) is 23.8 Å². The second kappa shape index (κ2) is 5.87. The van der Waals surface area contributed by atoms with Crippen LogP contribution in [0.3, 0.4) is 0 Å². The SMILES string of the molecule is COc1ccc(CC=C2CCC(N)CC2)cc1. The fraction of sp³-hybridized carbons (Fsp3) is 0.467. The second-order valence-corrected chi connectivity index (χ2v) is 4.75. The van der Waals surface area contributed by atoms with Crippen molar-refractivity contribution in [3.05, 3.63) is 41.5 Å². The number of hydrogen-bond acceptors (Lipinski definition) is 2. The van der Waals surface area contributed by atoms with Crippen LogP contribution in [0.4, 0.5) is 0 Å². The quantitative estimate of drug-likeness (QED) is 0.811. The molecule has 0 heterocycles. The molecule has 17 heavy (non-hydrogen) atoms. The number of benzene rings is 1. The van der Waals surface area contributed by atoms with Crippen molar-refractivity contribution in [3.63, 3.8) is 0 Å². The third-order valence-electron chi connectivity index (χ3n) is 3.46. The summed E-state index contributed by atoms with van der Waals surface area (Å²) in [6, 6.07) is 8.72. The summed E-state index contributed by atoms with van der Waals surface area (Å²) < 4.78 is 5.15. The van der Waals surface area contributed by atoms with Gasteiger partial charge in [-0.15, -0.1) is 0 Å². The summed E-state index contributed by atoms with van der Waals surface area (Å²) in [5.74, 6) is 0.921. The molecule has 1 aromatic rings. The van der Waals surface area contributed by atoms with Gasteiger partial charge in [0, 0.05) is 6.04 Å². The smallest absolute Gasteiger partial charge is 0.118 e. The molecule has 0 saturated heterocycles. The summed E-state index contributed by atoms with van der Waals surface area (Å²) in [4.78, 5) is 0. The van der Waals surface area contributed by atoms with Crippen LogP contribution in [0, 0.1) is 0 Å². The standard InChI is InChI=1S/C15H21NO/c1-17-15-10-6-13(7-11-15)3-2-12-4-8-14(16)9-5-12/h2,6-7,10-11,14H,3-5,8-9,16H2,1H3. The first-order valence-electron chi connectivity index (χ1n) is 6.34. The Hall–Kier alpha value is -1.28. The van der Waals surface area contributed by atoms with Crippen LogP contribution in [0.2, 0.25) is 0 Å². The van der Waals surface area contributed by atoms with Crippen LogP contribution in [-0.4, -0.2) is 13.2 Å². The molecule has 1 aliphatic rings. The predicted molar refractivity (Wildman–Crippen MR) is 71.2 cm³/mol. The third kappa shape index (κ3) is 3.60. The number of methoxy groups -OCH3 is 1. The Bertz CT molecular complexity index is 370. The molecule has 0 aromatic heterocycles. The van der Waals surface area contributed by atoms with Gasteiger partial charge in [-0.2, -0.15) is 0 Å². The topological polar surface area (TPSA) is 35.2 Å². The number of allylic oxidation sites excluding steroid dienone is 2. The van der Waals surface area contributed by atoms with E-state index >= 15 is 0 Å². The molecule has 2 nitrogen and oxygen atoms in total. The van der Waals surface area contributed by atoms with Gasteiger partial charge in [0.25, 0.3) is 0 Å². The largest absolute Gasteiger partial charge is 0.497 e. The molecule has 1 saturated carbocycles. The molecule has 0 atom stereocenters. The highest BCUT2D eigenvalue weighted by Gasteiger charge is 2.11. The van der Waals surface area contributed by atoms with E-state index in [0.29, 0.717) is 6.04 Å². The van der Waals surface area contributed by atoms with E-state index in [-0.39, 0.29) is 0 Å². The van der Waals surface area contributed by atoms with Gasteiger partial charge in [-0.05, 0) is 49.8 Å². The van der Waals surface area contributed by atoms with Crippen LogP contribution < -0.4 is 10.5 Å². The molecule has 0 aliphatic heterocycles. The van der Waals surface area contributed by atoms with Crippen LogP contribution in [0.25, 0.3) is 0 Å². The average Bonchev–Trinajstić information content (AvgIpc) is 2.39. The molecule has 1 aliphatic carbocycles. The first-order chi connectivity index (χ1) is 8.28. The van der Waals surface area contributed by atoms with Gasteiger partial charge in [0.15, 0.2) is 0 Å². The molecule has 0 unspecified atom stereocenters. The van der Waals surface area contributed by atoms with Crippen LogP contribution in [-0.2, 0) is 6.42 Å². The minimum Gasteiger partial charge on any atom is -0.497 e. The lowest BCUT2D eigenvalue weighted by Gasteiger charge is -2.20. The lowest BCUT2D eigenvalue weighted by molar-refractivity contribution is 0.414. The highest BCUT2D eigenvalue weighted by Crippen LogP contribution is 2.23. The molecule has 1 fully saturated rings. The Morgan fingerprint density at radius 2 is 1.88 bits per heavy atom. The van der Waals surface area contributed by atoms with Crippen molar-refractivity contribution in [1.82, 2.24) is 0 Å². The maximum atomic E-state index is 5.90. The van der Waals surface area contributed by atoms with Gasteiger partial charge in [-0.25, -0.2) is 0 Å². The van der Waals surface area contributed by atoms with Crippen LogP contribution in [0.1, 0.15) is 31.2 Å². The van der Waals surface area contributed by atoms with Gasteiger partial charge in [0.1, 0.15) is 5.75 Å². The predicted octanol–water partition coefficient (Wildman–Crippen LogP) is 3.07. The van der Waals surface area contributed by atoms with Crippen molar-refractivity contribution in [2.45, 2.75) is 38.1 Å². The van der Waals surface area contributed by atoms with E-state index in [1.165, 1.54) is 18.4 Å². The molecule has 0 radical (unpaired) electrons. The highest BCUT2D eigenvalue weighted by molar-refractivity contribution is 5.28. The molecule has 2 heteroatoms. The minimum absolute atomic E-state index is 0.424. The van der Waals surface area contributed by atoms with Crippen LogP contribution in [0.5, 0.6) is 5.75 Å². The van der Waals surface area contributed by atoms with Gasteiger partial charge in [0.05, 0.1) is 7.11 Å². The van der Waals surface area contributed by atoms with Crippen molar-refractivity contribution in [2.24, 2.45) is 5.73 Å². The molecular formula is C15H21NO. The van der Waals surface area contributed by atoms with Crippen molar-refractivity contribution in [3.8, 4) is 5.75 Å². The van der Waals surface area contributed by atoms with E-state index in [4.69, 9.17) is 10.5 Å². The minimum atomic E-state index is 0.424. The maximum Gasteiger partial charge on any atom is 0.118 e. The highest BCUT2D eigenvalue weighted by atomic mass is 16.5. The zero-order chi connectivity index (χ0) is 12.1. The summed E-state index contributed by atoms with van der Waals surface area (Å²) in [5.41, 5.74) is 8.81. The maximum absolute atomic E-state index is 5.90. The Labute approximate surface area is 103 Å². The Kier molecular flexibility index (Phi) is 4.21. The summed E-state index contributed by atoms with van der Waals surface area (Å²) in [6.45, 7) is 0. The zero-order valence-electron chi connectivity index (χ0n) is 10.5. The van der Waals surface area contributed by atoms with E-state index < -0.39 is 0 Å². The lowest BCUT2D eigenvalue weighted by atomic mass is 9.90. The van der Waals surface area contributed by atoms with Crippen molar-refractivity contribution in [2.75, 3.05) is 7.11 Å². The molecule has 92 valence electrons. The first-order valence-corrected chi connectivity index (χ1v) is 6.34. The van der Waals surface area contributed by atoms with Gasteiger partial charge >= 0.3 is 0 Å². The van der Waals surface area contributed by atoms with E-state index in [1.54, 1.807) is 12.7 Å². The van der Waals surface area contributed by atoms with Crippen molar-refractivity contribution >= 4 is 0 Å². The van der Waals surface area contributed by atoms with E-state index in [2.05, 4.69) is 18.2 Å². The average molecular weight is 231 g/mol. The fourth-order valence-electron chi connectivity index (χ4n) is 2.24. The molecular weight excluding hydrogens is 210 g/mol. The van der Waals surface area contributed by atoms with E-state index in [9.17, 15) is 0 Å². The number of rotatable bonds is 3. The molecule has 0 bridgehead atoms. The van der Waals surface area contributed by atoms with Gasteiger partial charge in [0.2, 0.25) is 0 Å². The van der Waals surface area contributed by atoms with E-state index in [0.717, 1.165) is 25.0 Å². The molecule has 1 aromatic carbocycles. The Morgan fingerprint density at radius 1 is 1.24 bits per heavy atom. The normalized spacial score (nSPS) is 20.1. The fourth-order valence-corrected chi connectivity index (χ4v) is 2.24. The monoisotopic (exact) mass is 231 g/mol.